The minimum Gasteiger partial charge on any atom is -0.385 e. The van der Waals surface area contributed by atoms with Crippen molar-refractivity contribution in [2.24, 2.45) is 0 Å². The number of benzene rings is 1. The fourth-order valence-electron chi connectivity index (χ4n) is 3.29. The third-order valence-corrected chi connectivity index (χ3v) is 5.48. The van der Waals surface area contributed by atoms with Crippen LogP contribution in [0, 0.1) is 0 Å². The molecule has 4 rings (SSSR count). The summed E-state index contributed by atoms with van der Waals surface area (Å²) in [5, 5.41) is 7.12. The Morgan fingerprint density at radius 2 is 2.09 bits per heavy atom. The maximum absolute atomic E-state index is 12.6. The molecule has 1 aliphatic carbocycles. The lowest BCUT2D eigenvalue weighted by Crippen LogP contribution is -2.19. The summed E-state index contributed by atoms with van der Waals surface area (Å²) >= 11 is 1.64. The van der Waals surface area contributed by atoms with E-state index in [1.807, 2.05) is 18.2 Å². The van der Waals surface area contributed by atoms with Crippen LogP contribution >= 0.6 is 11.3 Å². The van der Waals surface area contributed by atoms with Crippen LogP contribution in [0.4, 0.5) is 10.8 Å². The summed E-state index contributed by atoms with van der Waals surface area (Å²) < 4.78 is 0. The zero-order valence-corrected chi connectivity index (χ0v) is 13.3. The number of carbonyl (C=O) groups is 1. The number of thiazole rings is 1. The maximum atomic E-state index is 12.6. The van der Waals surface area contributed by atoms with Crippen LogP contribution in [-0.4, -0.2) is 17.4 Å². The molecule has 0 spiro atoms. The topological polar surface area (TPSA) is 54.0 Å². The molecule has 1 aromatic carbocycles. The molecule has 0 saturated heterocycles. The summed E-state index contributed by atoms with van der Waals surface area (Å²) in [6.45, 7) is 0.983. The maximum Gasteiger partial charge on any atom is 0.257 e. The van der Waals surface area contributed by atoms with Gasteiger partial charge in [-0.2, -0.15) is 0 Å². The molecule has 1 aromatic heterocycles. The van der Waals surface area contributed by atoms with E-state index in [-0.39, 0.29) is 5.91 Å². The normalized spacial score (nSPS) is 16.4. The molecule has 0 atom stereocenters. The van der Waals surface area contributed by atoms with E-state index in [0.717, 1.165) is 54.2 Å². The third-order valence-electron chi connectivity index (χ3n) is 4.41. The molecule has 4 nitrogen and oxygen atoms in total. The van der Waals surface area contributed by atoms with E-state index >= 15 is 0 Å². The van der Waals surface area contributed by atoms with Crippen molar-refractivity contribution in [3.05, 3.63) is 39.9 Å². The van der Waals surface area contributed by atoms with Gasteiger partial charge in [-0.25, -0.2) is 4.98 Å². The molecular weight excluding hydrogens is 294 g/mol. The Bertz CT molecular complexity index is 699. The summed E-state index contributed by atoms with van der Waals surface area (Å²) in [5.41, 5.74) is 4.19. The average molecular weight is 313 g/mol. The highest BCUT2D eigenvalue weighted by molar-refractivity contribution is 7.15. The lowest BCUT2D eigenvalue weighted by atomic mass is 9.97. The quantitative estimate of drug-likeness (QED) is 0.890. The van der Waals surface area contributed by atoms with Crippen LogP contribution in [0.25, 0.3) is 0 Å². The van der Waals surface area contributed by atoms with Crippen LogP contribution in [0.3, 0.4) is 0 Å². The van der Waals surface area contributed by atoms with E-state index in [0.29, 0.717) is 0 Å². The molecule has 2 N–H and O–H groups in total. The second-order valence-corrected chi connectivity index (χ2v) is 7.00. The molecular formula is C17H19N3OS. The molecule has 0 radical (unpaired) electrons. The first kappa shape index (κ1) is 13.8. The zero-order valence-electron chi connectivity index (χ0n) is 12.4. The van der Waals surface area contributed by atoms with Gasteiger partial charge in [-0.15, -0.1) is 11.3 Å². The fourth-order valence-corrected chi connectivity index (χ4v) is 4.34. The van der Waals surface area contributed by atoms with E-state index in [1.54, 1.807) is 11.3 Å². The second-order valence-electron chi connectivity index (χ2n) is 5.91. The van der Waals surface area contributed by atoms with Crippen molar-refractivity contribution in [3.63, 3.8) is 0 Å². The highest BCUT2D eigenvalue weighted by Gasteiger charge is 2.20. The molecule has 2 aromatic rings. The van der Waals surface area contributed by atoms with Crippen molar-refractivity contribution >= 4 is 28.1 Å². The standard InChI is InChI=1S/C17H19N3OS/c21-16(12-5-3-8-13-11(12)6-4-10-18-13)20-17-19-14-7-1-2-9-15(14)22-17/h3,5,8,18H,1-2,4,6-7,9-10H2,(H,19,20,21). The molecule has 114 valence electrons. The van der Waals surface area contributed by atoms with Crippen LogP contribution in [0.15, 0.2) is 18.2 Å². The van der Waals surface area contributed by atoms with E-state index in [2.05, 4.69) is 15.6 Å². The van der Waals surface area contributed by atoms with Crippen LogP contribution in [0.1, 0.15) is 45.8 Å². The van der Waals surface area contributed by atoms with Gasteiger partial charge in [-0.1, -0.05) is 6.07 Å². The van der Waals surface area contributed by atoms with Crippen LogP contribution < -0.4 is 10.6 Å². The van der Waals surface area contributed by atoms with Crippen molar-refractivity contribution in [1.82, 2.24) is 4.98 Å². The number of nitrogens with zero attached hydrogens (tertiary/aromatic N) is 1. The van der Waals surface area contributed by atoms with Gasteiger partial charge in [0, 0.05) is 22.7 Å². The zero-order chi connectivity index (χ0) is 14.9. The van der Waals surface area contributed by atoms with E-state index in [4.69, 9.17) is 0 Å². The summed E-state index contributed by atoms with van der Waals surface area (Å²) in [6, 6.07) is 5.90. The minimum atomic E-state index is -0.0355. The first-order chi connectivity index (χ1) is 10.8. The Morgan fingerprint density at radius 1 is 1.18 bits per heavy atom. The van der Waals surface area contributed by atoms with Gasteiger partial charge in [-0.05, 0) is 56.2 Å². The van der Waals surface area contributed by atoms with Gasteiger partial charge in [0.25, 0.3) is 5.91 Å². The first-order valence-corrected chi connectivity index (χ1v) is 8.78. The summed E-state index contributed by atoms with van der Waals surface area (Å²) in [4.78, 5) is 18.6. The summed E-state index contributed by atoms with van der Waals surface area (Å²) in [5.74, 6) is -0.0355. The number of amides is 1. The van der Waals surface area contributed by atoms with Crippen molar-refractivity contribution in [3.8, 4) is 0 Å². The SMILES string of the molecule is O=C(Nc1nc2c(s1)CCCC2)c1cccc2c1CCCN2. The number of aryl methyl sites for hydroxylation is 2. The minimum absolute atomic E-state index is 0.0355. The van der Waals surface area contributed by atoms with Crippen molar-refractivity contribution < 1.29 is 4.79 Å². The lowest BCUT2D eigenvalue weighted by Gasteiger charge is -2.20. The predicted octanol–water partition coefficient (Wildman–Crippen LogP) is 3.63. The van der Waals surface area contributed by atoms with Crippen molar-refractivity contribution in [2.75, 3.05) is 17.2 Å². The Morgan fingerprint density at radius 3 is 3.00 bits per heavy atom. The molecule has 5 heteroatoms. The van der Waals surface area contributed by atoms with Gasteiger partial charge in [0.2, 0.25) is 0 Å². The molecule has 22 heavy (non-hydrogen) atoms. The van der Waals surface area contributed by atoms with E-state index in [9.17, 15) is 4.79 Å². The van der Waals surface area contributed by atoms with Gasteiger partial charge < -0.3 is 5.32 Å². The van der Waals surface area contributed by atoms with Gasteiger partial charge >= 0.3 is 0 Å². The van der Waals surface area contributed by atoms with E-state index in [1.165, 1.54) is 23.4 Å². The Kier molecular flexibility index (Phi) is 3.58. The number of nitrogens with one attached hydrogen (secondary N) is 2. The van der Waals surface area contributed by atoms with Crippen molar-refractivity contribution in [1.29, 1.82) is 0 Å². The number of hydrogen-bond acceptors (Lipinski definition) is 4. The Hall–Kier alpha value is -1.88. The van der Waals surface area contributed by atoms with Gasteiger partial charge in [0.1, 0.15) is 0 Å². The number of carbonyl (C=O) groups excluding carboxylic acids is 1. The molecule has 1 amide bonds. The number of aromatic nitrogens is 1. The molecule has 2 aliphatic rings. The molecule has 0 fully saturated rings. The Balaban J connectivity index is 1.59. The molecule has 2 heterocycles. The molecule has 0 bridgehead atoms. The molecule has 1 aliphatic heterocycles. The Labute approximate surface area is 134 Å². The highest BCUT2D eigenvalue weighted by atomic mass is 32.1. The lowest BCUT2D eigenvalue weighted by molar-refractivity contribution is 0.102. The smallest absolute Gasteiger partial charge is 0.257 e. The number of hydrogen-bond donors (Lipinski definition) is 2. The van der Waals surface area contributed by atoms with Gasteiger partial charge in [0.05, 0.1) is 5.69 Å². The van der Waals surface area contributed by atoms with Crippen molar-refractivity contribution in [2.45, 2.75) is 38.5 Å². The molecule has 0 saturated carbocycles. The summed E-state index contributed by atoms with van der Waals surface area (Å²) in [7, 11) is 0. The van der Waals surface area contributed by atoms with E-state index < -0.39 is 0 Å². The fraction of sp³-hybridized carbons (Fsp3) is 0.412. The highest BCUT2D eigenvalue weighted by Crippen LogP contribution is 2.31. The van der Waals surface area contributed by atoms with Gasteiger partial charge in [0.15, 0.2) is 5.13 Å². The number of rotatable bonds is 2. The average Bonchev–Trinajstić information content (AvgIpc) is 2.96. The summed E-state index contributed by atoms with van der Waals surface area (Å²) in [6.07, 6.45) is 6.63. The predicted molar refractivity (Wildman–Crippen MR) is 90.0 cm³/mol. The number of fused-ring (bicyclic) bond motifs is 2. The van der Waals surface area contributed by atoms with Crippen LogP contribution in [0.2, 0.25) is 0 Å². The van der Waals surface area contributed by atoms with Crippen LogP contribution in [-0.2, 0) is 19.3 Å². The monoisotopic (exact) mass is 313 g/mol. The van der Waals surface area contributed by atoms with Crippen LogP contribution in [0.5, 0.6) is 0 Å². The largest absolute Gasteiger partial charge is 0.385 e. The second kappa shape index (κ2) is 5.72. The number of anilines is 2. The molecule has 0 unspecified atom stereocenters. The third kappa shape index (κ3) is 2.50. The van der Waals surface area contributed by atoms with Gasteiger partial charge in [-0.3, -0.25) is 10.1 Å². The first-order valence-electron chi connectivity index (χ1n) is 7.97.